The summed E-state index contributed by atoms with van der Waals surface area (Å²) in [7, 11) is -4.74. The maximum Gasteiger partial charge on any atom is 0.416 e. The van der Waals surface area contributed by atoms with Crippen molar-refractivity contribution < 1.29 is 39.7 Å². The topological polar surface area (TPSA) is 89.3 Å². The van der Waals surface area contributed by atoms with Crippen LogP contribution in [0.4, 0.5) is 37.7 Å². The minimum atomic E-state index is -4.94. The number of halogens is 6. The lowest BCUT2D eigenvalue weighted by Crippen LogP contribution is -2.16. The highest BCUT2D eigenvalue weighted by Crippen LogP contribution is 2.35. The second kappa shape index (κ2) is 6.72. The number of nitrogens with zero attached hydrogens (tertiary/aromatic N) is 1. The van der Waals surface area contributed by atoms with E-state index in [1.165, 1.54) is 0 Å². The Morgan fingerprint density at radius 2 is 1.33 bits per heavy atom. The van der Waals surface area contributed by atoms with Crippen LogP contribution in [-0.2, 0) is 22.4 Å². The van der Waals surface area contributed by atoms with E-state index in [0.717, 1.165) is 12.1 Å². The third-order valence-corrected chi connectivity index (χ3v) is 4.67. The second-order valence-corrected chi connectivity index (χ2v) is 6.77. The van der Waals surface area contributed by atoms with Crippen LogP contribution in [-0.4, -0.2) is 13.3 Å². The van der Waals surface area contributed by atoms with E-state index in [4.69, 9.17) is 0 Å². The van der Waals surface area contributed by atoms with E-state index in [1.54, 1.807) is 4.72 Å². The van der Waals surface area contributed by atoms with Gasteiger partial charge in [0.05, 0.1) is 16.1 Å². The third-order valence-electron chi connectivity index (χ3n) is 3.24. The molecular formula is C14H8F6N2O4S. The summed E-state index contributed by atoms with van der Waals surface area (Å²) < 4.78 is 102. The number of benzene rings is 2. The number of rotatable bonds is 4. The maximum absolute atomic E-state index is 12.7. The molecule has 2 aromatic carbocycles. The third kappa shape index (κ3) is 4.67. The smallest absolute Gasteiger partial charge is 0.279 e. The molecule has 2 aromatic rings. The predicted octanol–water partition coefficient (Wildman–Crippen LogP) is 4.43. The first-order chi connectivity index (χ1) is 12.2. The Morgan fingerprint density at radius 3 is 1.78 bits per heavy atom. The summed E-state index contributed by atoms with van der Waals surface area (Å²) >= 11 is 0. The van der Waals surface area contributed by atoms with E-state index in [-0.39, 0.29) is 11.8 Å². The Balaban J connectivity index is 2.43. The van der Waals surface area contributed by atoms with Crippen LogP contribution in [0.1, 0.15) is 11.1 Å². The molecule has 6 nitrogen and oxygen atoms in total. The van der Waals surface area contributed by atoms with Crippen molar-refractivity contribution >= 4 is 21.4 Å². The van der Waals surface area contributed by atoms with Crippen LogP contribution < -0.4 is 4.72 Å². The van der Waals surface area contributed by atoms with Crippen LogP contribution in [0.2, 0.25) is 0 Å². The number of nitro groups is 1. The average molecular weight is 414 g/mol. The zero-order valence-corrected chi connectivity index (χ0v) is 13.6. The molecule has 0 bridgehead atoms. The second-order valence-electron chi connectivity index (χ2n) is 5.12. The molecule has 2 rings (SSSR count). The maximum atomic E-state index is 12.7. The van der Waals surface area contributed by atoms with Gasteiger partial charge in [-0.05, 0) is 36.4 Å². The number of nitro benzene ring substituents is 1. The van der Waals surface area contributed by atoms with Crippen molar-refractivity contribution in [3.63, 3.8) is 0 Å². The highest BCUT2D eigenvalue weighted by atomic mass is 32.2. The molecule has 0 saturated heterocycles. The van der Waals surface area contributed by atoms with Gasteiger partial charge in [-0.2, -0.15) is 26.3 Å². The molecule has 146 valence electrons. The molecule has 0 radical (unpaired) electrons. The van der Waals surface area contributed by atoms with Gasteiger partial charge in [0.1, 0.15) is 0 Å². The molecule has 27 heavy (non-hydrogen) atoms. The minimum Gasteiger partial charge on any atom is -0.279 e. The van der Waals surface area contributed by atoms with Gasteiger partial charge in [-0.1, -0.05) is 0 Å². The summed E-state index contributed by atoms with van der Waals surface area (Å²) in [6.07, 6.45) is -9.60. The Labute approximate surface area is 147 Å². The lowest BCUT2D eigenvalue weighted by Gasteiger charge is -2.12. The predicted molar refractivity (Wildman–Crippen MR) is 80.4 cm³/mol. The molecule has 0 aliphatic rings. The van der Waals surface area contributed by atoms with Crippen LogP contribution in [0, 0.1) is 10.1 Å². The Hall–Kier alpha value is -2.83. The Morgan fingerprint density at radius 1 is 0.852 bits per heavy atom. The normalized spacial score (nSPS) is 12.7. The van der Waals surface area contributed by atoms with Crippen molar-refractivity contribution in [2.45, 2.75) is 17.2 Å². The highest BCUT2D eigenvalue weighted by molar-refractivity contribution is 7.92. The highest BCUT2D eigenvalue weighted by Gasteiger charge is 2.35. The molecule has 0 saturated carbocycles. The van der Waals surface area contributed by atoms with Gasteiger partial charge in [0.15, 0.2) is 4.90 Å². The van der Waals surface area contributed by atoms with Gasteiger partial charge in [0.2, 0.25) is 0 Å². The van der Waals surface area contributed by atoms with E-state index in [9.17, 15) is 44.9 Å². The summed E-state index contributed by atoms with van der Waals surface area (Å²) in [6, 6.07) is 3.45. The minimum absolute atomic E-state index is 0.0569. The van der Waals surface area contributed by atoms with Crippen molar-refractivity contribution in [3.05, 3.63) is 63.7 Å². The average Bonchev–Trinajstić information content (AvgIpc) is 2.52. The van der Waals surface area contributed by atoms with Gasteiger partial charge in [-0.15, -0.1) is 0 Å². The summed E-state index contributed by atoms with van der Waals surface area (Å²) in [5.74, 6) is 0. The molecule has 0 amide bonds. The molecule has 0 heterocycles. The van der Waals surface area contributed by atoms with E-state index < -0.39 is 49.0 Å². The van der Waals surface area contributed by atoms with E-state index in [0.29, 0.717) is 24.3 Å². The van der Waals surface area contributed by atoms with Crippen molar-refractivity contribution in [2.75, 3.05) is 4.72 Å². The van der Waals surface area contributed by atoms with E-state index >= 15 is 0 Å². The van der Waals surface area contributed by atoms with Crippen molar-refractivity contribution in [1.29, 1.82) is 0 Å². The number of hydrogen-bond acceptors (Lipinski definition) is 4. The van der Waals surface area contributed by atoms with Gasteiger partial charge in [-0.25, -0.2) is 8.42 Å². The first-order valence-electron chi connectivity index (χ1n) is 6.77. The van der Waals surface area contributed by atoms with Crippen LogP contribution >= 0.6 is 0 Å². The number of anilines is 1. The summed E-state index contributed by atoms with van der Waals surface area (Å²) in [4.78, 5) is 8.60. The lowest BCUT2D eigenvalue weighted by molar-refractivity contribution is -0.388. The molecule has 0 aliphatic carbocycles. The Bertz CT molecular complexity index is 969. The monoisotopic (exact) mass is 414 g/mol. The summed E-state index contributed by atoms with van der Waals surface area (Å²) in [6.45, 7) is 0. The molecule has 0 fully saturated rings. The standard InChI is InChI=1S/C14H8F6N2O4S/c15-13(16,17)8-1-4-10(5-2-8)21-27(25,26)12-6-3-9(14(18,19)20)7-11(12)22(23)24/h1-7,21H. The SMILES string of the molecule is O=[N+]([O-])c1cc(C(F)(F)F)ccc1S(=O)(=O)Nc1ccc(C(F)(F)F)cc1. The van der Waals surface area contributed by atoms with Gasteiger partial charge in [0.25, 0.3) is 15.7 Å². The van der Waals surface area contributed by atoms with Crippen LogP contribution in [0.15, 0.2) is 47.4 Å². The number of nitrogens with one attached hydrogen (secondary N) is 1. The molecule has 0 spiro atoms. The quantitative estimate of drug-likeness (QED) is 0.455. The lowest BCUT2D eigenvalue weighted by atomic mass is 10.2. The van der Waals surface area contributed by atoms with Crippen LogP contribution in [0.5, 0.6) is 0 Å². The van der Waals surface area contributed by atoms with Crippen molar-refractivity contribution in [2.24, 2.45) is 0 Å². The fourth-order valence-electron chi connectivity index (χ4n) is 2.00. The van der Waals surface area contributed by atoms with Crippen LogP contribution in [0.3, 0.4) is 0 Å². The Kier molecular flexibility index (Phi) is 5.10. The van der Waals surface area contributed by atoms with Crippen LogP contribution in [0.25, 0.3) is 0 Å². The fraction of sp³-hybridized carbons (Fsp3) is 0.143. The first kappa shape index (κ1) is 20.5. The van der Waals surface area contributed by atoms with Gasteiger partial charge in [-0.3, -0.25) is 14.8 Å². The molecule has 0 aliphatic heterocycles. The molecule has 0 aromatic heterocycles. The van der Waals surface area contributed by atoms with E-state index in [1.807, 2.05) is 0 Å². The number of alkyl halides is 6. The van der Waals surface area contributed by atoms with Gasteiger partial charge >= 0.3 is 12.4 Å². The molecule has 13 heteroatoms. The number of sulfonamides is 1. The van der Waals surface area contributed by atoms with E-state index in [2.05, 4.69) is 0 Å². The zero-order chi connectivity index (χ0) is 20.6. The first-order valence-corrected chi connectivity index (χ1v) is 8.26. The largest absolute Gasteiger partial charge is 0.416 e. The van der Waals surface area contributed by atoms with Gasteiger partial charge < -0.3 is 0 Å². The summed E-state index contributed by atoms with van der Waals surface area (Å²) in [5.41, 5.74) is -4.19. The van der Waals surface area contributed by atoms with Crippen molar-refractivity contribution in [1.82, 2.24) is 0 Å². The molecular weight excluding hydrogens is 406 g/mol. The van der Waals surface area contributed by atoms with Gasteiger partial charge in [0, 0.05) is 11.8 Å². The summed E-state index contributed by atoms with van der Waals surface area (Å²) in [5, 5.41) is 11.0. The zero-order valence-electron chi connectivity index (χ0n) is 12.8. The molecule has 1 N–H and O–H groups in total. The van der Waals surface area contributed by atoms with Crippen molar-refractivity contribution in [3.8, 4) is 0 Å². The molecule has 0 atom stereocenters. The molecule has 0 unspecified atom stereocenters. The number of hydrogen-bond donors (Lipinski definition) is 1. The fourth-order valence-corrected chi connectivity index (χ4v) is 3.21.